The van der Waals surface area contributed by atoms with Crippen LogP contribution in [-0.2, 0) is 30.9 Å². The monoisotopic (exact) mass is 638 g/mol. The number of alkyl halides is 1. The van der Waals surface area contributed by atoms with Gasteiger partial charge in [-0.1, -0.05) is 54.9 Å². The Morgan fingerprint density at radius 2 is 1.75 bits per heavy atom. The summed E-state index contributed by atoms with van der Waals surface area (Å²) < 4.78 is 34.3. The molecule has 3 rings (SSSR count). The lowest BCUT2D eigenvalue weighted by Gasteiger charge is -2.36. The van der Waals surface area contributed by atoms with Gasteiger partial charge in [-0.25, -0.2) is 0 Å². The fraction of sp³-hybridized carbons (Fsp3) is 0.370. The van der Waals surface area contributed by atoms with Gasteiger partial charge in [-0.05, 0) is 87.7 Å². The van der Waals surface area contributed by atoms with Gasteiger partial charge in [0.1, 0.15) is 0 Å². The van der Waals surface area contributed by atoms with Crippen LogP contribution in [-0.4, -0.2) is 35.1 Å². The first-order valence-corrected chi connectivity index (χ1v) is 14.7. The van der Waals surface area contributed by atoms with Gasteiger partial charge < -0.3 is 0 Å². The lowest BCUT2D eigenvalue weighted by Crippen LogP contribution is -2.37. The van der Waals surface area contributed by atoms with E-state index in [4.69, 9.17) is 0 Å². The molecule has 2 unspecified atom stereocenters. The van der Waals surface area contributed by atoms with Gasteiger partial charge >= 0.3 is 0 Å². The highest BCUT2D eigenvalue weighted by molar-refractivity contribution is 9.12. The SMILES string of the molecule is CCC(=O)C1=CC(=C2C(Cc3ccccc3S(=O)(=O)O)=C(C)C(Br)C(=O)C2C(C)C)C(C)=C(Br)C1=O. The second kappa shape index (κ2) is 10.8. The van der Waals surface area contributed by atoms with Gasteiger partial charge in [0.2, 0.25) is 5.78 Å². The standard InChI is InChI=1S/C27H28Br2O6S/c1-6-20(30)19-12-18(15(5)24(28)26(19)31)23-17(14(4)25(29)27(32)22(23)13(2)3)11-16-9-7-8-10-21(16)36(33,34)35/h7-10,12-13,22,25H,6,11H2,1-5H3,(H,33,34,35). The molecule has 1 aromatic rings. The van der Waals surface area contributed by atoms with E-state index in [9.17, 15) is 27.4 Å². The van der Waals surface area contributed by atoms with E-state index in [1.54, 1.807) is 32.1 Å². The summed E-state index contributed by atoms with van der Waals surface area (Å²) in [6.45, 7) is 9.10. The number of allylic oxidation sites excluding steroid dienone is 8. The number of rotatable bonds is 6. The van der Waals surface area contributed by atoms with E-state index >= 15 is 0 Å². The van der Waals surface area contributed by atoms with Crippen molar-refractivity contribution in [1.29, 1.82) is 0 Å². The minimum absolute atomic E-state index is 0.0451. The van der Waals surface area contributed by atoms with Crippen LogP contribution in [0, 0.1) is 11.8 Å². The van der Waals surface area contributed by atoms with E-state index < -0.39 is 26.6 Å². The molecule has 6 nitrogen and oxygen atoms in total. The summed E-state index contributed by atoms with van der Waals surface area (Å²) in [5.74, 6) is -1.44. The molecule has 0 aromatic heterocycles. The average Bonchev–Trinajstić information content (AvgIpc) is 2.82. The fourth-order valence-corrected chi connectivity index (χ4v) is 6.50. The molecule has 0 amide bonds. The predicted molar refractivity (Wildman–Crippen MR) is 146 cm³/mol. The molecule has 2 aliphatic rings. The van der Waals surface area contributed by atoms with Crippen LogP contribution >= 0.6 is 31.9 Å². The highest BCUT2D eigenvalue weighted by atomic mass is 79.9. The van der Waals surface area contributed by atoms with Crippen LogP contribution in [0.4, 0.5) is 0 Å². The molecular weight excluding hydrogens is 612 g/mol. The topological polar surface area (TPSA) is 106 Å². The van der Waals surface area contributed by atoms with Crippen molar-refractivity contribution in [2.75, 3.05) is 0 Å². The van der Waals surface area contributed by atoms with Crippen LogP contribution in [0.1, 0.15) is 46.6 Å². The smallest absolute Gasteiger partial charge is 0.294 e. The summed E-state index contributed by atoms with van der Waals surface area (Å²) in [5, 5.41) is 0. The summed E-state index contributed by atoms with van der Waals surface area (Å²) in [7, 11) is -4.48. The Balaban J connectivity index is 2.43. The van der Waals surface area contributed by atoms with Crippen LogP contribution in [0.3, 0.4) is 0 Å². The van der Waals surface area contributed by atoms with Crippen molar-refractivity contribution in [3.63, 3.8) is 0 Å². The predicted octanol–water partition coefficient (Wildman–Crippen LogP) is 5.86. The molecule has 0 aliphatic heterocycles. The quantitative estimate of drug-likeness (QED) is 0.237. The lowest BCUT2D eigenvalue weighted by atomic mass is 9.69. The number of carbonyl (C=O) groups is 3. The molecule has 2 aliphatic carbocycles. The summed E-state index contributed by atoms with van der Waals surface area (Å²) in [4.78, 5) is 38.3. The Morgan fingerprint density at radius 3 is 2.31 bits per heavy atom. The van der Waals surface area contributed by atoms with E-state index in [-0.39, 0.29) is 45.3 Å². The van der Waals surface area contributed by atoms with Crippen LogP contribution in [0.5, 0.6) is 0 Å². The Kier molecular flexibility index (Phi) is 8.60. The average molecular weight is 640 g/mol. The van der Waals surface area contributed by atoms with Crippen LogP contribution in [0.25, 0.3) is 0 Å². The minimum atomic E-state index is -4.48. The van der Waals surface area contributed by atoms with E-state index in [1.165, 1.54) is 12.1 Å². The molecular formula is C27H28Br2O6S. The zero-order chi connectivity index (χ0) is 27.1. The molecule has 2 atom stereocenters. The van der Waals surface area contributed by atoms with Crippen LogP contribution in [0.2, 0.25) is 0 Å². The van der Waals surface area contributed by atoms with Gasteiger partial charge in [0.05, 0.1) is 19.8 Å². The molecule has 0 radical (unpaired) electrons. The highest BCUT2D eigenvalue weighted by Gasteiger charge is 2.41. The summed E-state index contributed by atoms with van der Waals surface area (Å²) in [6, 6.07) is 6.18. The minimum Gasteiger partial charge on any atom is -0.297 e. The maximum Gasteiger partial charge on any atom is 0.294 e. The molecule has 0 spiro atoms. The van der Waals surface area contributed by atoms with Gasteiger partial charge in [0.15, 0.2) is 11.6 Å². The molecule has 192 valence electrons. The Labute approximate surface area is 228 Å². The summed E-state index contributed by atoms with van der Waals surface area (Å²) >= 11 is 6.90. The van der Waals surface area contributed by atoms with Gasteiger partial charge in [-0.3, -0.25) is 18.9 Å². The van der Waals surface area contributed by atoms with E-state index in [2.05, 4.69) is 31.9 Å². The zero-order valence-electron chi connectivity index (χ0n) is 20.7. The molecule has 9 heteroatoms. The molecule has 0 saturated carbocycles. The van der Waals surface area contributed by atoms with Crippen molar-refractivity contribution in [3.8, 4) is 0 Å². The van der Waals surface area contributed by atoms with Crippen LogP contribution < -0.4 is 0 Å². The zero-order valence-corrected chi connectivity index (χ0v) is 24.7. The van der Waals surface area contributed by atoms with E-state index in [1.807, 2.05) is 20.8 Å². The second-order valence-electron chi connectivity index (χ2n) is 9.34. The molecule has 0 heterocycles. The number of hydrogen-bond donors (Lipinski definition) is 1. The van der Waals surface area contributed by atoms with Crippen molar-refractivity contribution >= 4 is 59.3 Å². The van der Waals surface area contributed by atoms with Gasteiger partial charge in [-0.15, -0.1) is 0 Å². The summed E-state index contributed by atoms with van der Waals surface area (Å²) in [5.41, 5.74) is 3.73. The molecule has 0 fully saturated rings. The second-order valence-corrected chi connectivity index (χ2v) is 12.4. The largest absolute Gasteiger partial charge is 0.297 e. The van der Waals surface area contributed by atoms with Crippen molar-refractivity contribution in [1.82, 2.24) is 0 Å². The lowest BCUT2D eigenvalue weighted by molar-refractivity contribution is -0.122. The molecule has 0 bridgehead atoms. The number of carbonyl (C=O) groups excluding carboxylic acids is 3. The Morgan fingerprint density at radius 1 is 1.14 bits per heavy atom. The molecule has 1 N–H and O–H groups in total. The van der Waals surface area contributed by atoms with Gasteiger partial charge in [0, 0.05) is 12.3 Å². The van der Waals surface area contributed by atoms with E-state index in [0.717, 1.165) is 5.57 Å². The maximum atomic E-state index is 13.5. The molecule has 0 saturated heterocycles. The third-order valence-corrected chi connectivity index (χ3v) is 9.76. The first kappa shape index (κ1) is 28.6. The number of hydrogen-bond acceptors (Lipinski definition) is 5. The number of Topliss-reactive ketones (excluding diaryl/α,β-unsaturated/α-hetero) is 3. The fourth-order valence-electron chi connectivity index (χ4n) is 4.79. The van der Waals surface area contributed by atoms with Crippen LogP contribution in [0.15, 0.2) is 73.2 Å². The molecule has 36 heavy (non-hydrogen) atoms. The van der Waals surface area contributed by atoms with Crippen molar-refractivity contribution in [2.45, 2.75) is 57.2 Å². The van der Waals surface area contributed by atoms with Gasteiger partial charge in [-0.2, -0.15) is 8.42 Å². The number of ketones is 3. The third-order valence-electron chi connectivity index (χ3n) is 6.71. The van der Waals surface area contributed by atoms with Crippen molar-refractivity contribution in [3.05, 3.63) is 73.8 Å². The number of halogens is 2. The van der Waals surface area contributed by atoms with Crippen molar-refractivity contribution in [2.24, 2.45) is 11.8 Å². The molecule has 1 aromatic carbocycles. The first-order valence-electron chi connectivity index (χ1n) is 11.6. The Bertz CT molecular complexity index is 1390. The number of benzene rings is 1. The third kappa shape index (κ3) is 5.21. The normalized spacial score (nSPS) is 23.5. The first-order chi connectivity index (χ1) is 16.7. The van der Waals surface area contributed by atoms with Gasteiger partial charge in [0.25, 0.3) is 10.1 Å². The van der Waals surface area contributed by atoms with E-state index in [0.29, 0.717) is 27.9 Å². The van der Waals surface area contributed by atoms with Crippen molar-refractivity contribution < 1.29 is 27.4 Å². The Hall–Kier alpha value is -1.94. The maximum absolute atomic E-state index is 13.5. The summed E-state index contributed by atoms with van der Waals surface area (Å²) in [6.07, 6.45) is 1.85. The highest BCUT2D eigenvalue weighted by Crippen LogP contribution is 2.46.